The first kappa shape index (κ1) is 11.1. The molecule has 1 aromatic rings. The Labute approximate surface area is 87.3 Å². The van der Waals surface area contributed by atoms with Gasteiger partial charge in [0.1, 0.15) is 0 Å². The molecule has 76 valence electrons. The molecule has 0 heterocycles. The summed E-state index contributed by atoms with van der Waals surface area (Å²) in [7, 11) is 0. The maximum atomic E-state index is 11.5. The van der Waals surface area contributed by atoms with Crippen LogP contribution in [0.25, 0.3) is 0 Å². The van der Waals surface area contributed by atoms with Gasteiger partial charge in [-0.1, -0.05) is 29.8 Å². The third-order valence-electron chi connectivity index (χ3n) is 1.72. The molecule has 1 unspecified atom stereocenters. The Balaban J connectivity index is 2.56. The molecule has 1 aromatic carbocycles. The highest BCUT2D eigenvalue weighted by Gasteiger charge is 2.01. The molecule has 0 N–H and O–H groups in total. The second-order valence-corrected chi connectivity index (χ2v) is 4.08. The average molecular weight is 210 g/mol. The molecule has 0 saturated heterocycles. The molecule has 0 bridgehead atoms. The maximum Gasteiger partial charge on any atom is 0.189 e. The van der Waals surface area contributed by atoms with Crippen LogP contribution in [0.5, 0.6) is 0 Å². The lowest BCUT2D eigenvalue weighted by atomic mass is 10.2. The van der Waals surface area contributed by atoms with Crippen LogP contribution < -0.4 is 0 Å². The molecule has 0 aromatic heterocycles. The van der Waals surface area contributed by atoms with Gasteiger partial charge in [0.2, 0.25) is 0 Å². The average Bonchev–Trinajstić information content (AvgIpc) is 2.19. The van der Waals surface area contributed by atoms with E-state index in [-0.39, 0.29) is 0 Å². The van der Waals surface area contributed by atoms with E-state index in [0.29, 0.717) is 11.5 Å². The first-order valence-electron chi connectivity index (χ1n) is 4.47. The van der Waals surface area contributed by atoms with E-state index in [1.54, 1.807) is 0 Å². The fourth-order valence-electron chi connectivity index (χ4n) is 0.915. The van der Waals surface area contributed by atoms with Crippen molar-refractivity contribution in [2.24, 2.45) is 0 Å². The van der Waals surface area contributed by atoms with Gasteiger partial charge in [-0.15, -0.1) is 0 Å². The number of benzene rings is 1. The summed E-state index contributed by atoms with van der Waals surface area (Å²) in [4.78, 5) is 0.708. The van der Waals surface area contributed by atoms with E-state index in [4.69, 9.17) is 4.18 Å². The van der Waals surface area contributed by atoms with E-state index in [9.17, 15) is 4.21 Å². The van der Waals surface area contributed by atoms with Gasteiger partial charge < -0.3 is 0 Å². The summed E-state index contributed by atoms with van der Waals surface area (Å²) < 4.78 is 16.6. The molecule has 0 radical (unpaired) electrons. The van der Waals surface area contributed by atoms with Gasteiger partial charge in [0.25, 0.3) is 0 Å². The largest absolute Gasteiger partial charge is 0.283 e. The van der Waals surface area contributed by atoms with E-state index < -0.39 is 11.1 Å². The lowest BCUT2D eigenvalue weighted by Crippen LogP contribution is -1.97. The van der Waals surface area contributed by atoms with Gasteiger partial charge >= 0.3 is 0 Å². The predicted molar refractivity (Wildman–Crippen MR) is 58.4 cm³/mol. The third kappa shape index (κ3) is 3.44. The van der Waals surface area contributed by atoms with Crippen LogP contribution in [0.2, 0.25) is 0 Å². The maximum absolute atomic E-state index is 11.5. The fourth-order valence-corrected chi connectivity index (χ4v) is 1.61. The number of allylic oxidation sites excluding steroid dienone is 1. The summed E-state index contributed by atoms with van der Waals surface area (Å²) in [5.74, 6) is 0. The van der Waals surface area contributed by atoms with Crippen LogP contribution in [0.4, 0.5) is 0 Å². The van der Waals surface area contributed by atoms with Crippen LogP contribution in [0.3, 0.4) is 0 Å². The van der Waals surface area contributed by atoms with Crippen LogP contribution in [0.1, 0.15) is 12.5 Å². The third-order valence-corrected chi connectivity index (χ3v) is 2.73. The summed E-state index contributed by atoms with van der Waals surface area (Å²) in [5, 5.41) is 0. The van der Waals surface area contributed by atoms with Gasteiger partial charge in [0, 0.05) is 0 Å². The first-order chi connectivity index (χ1) is 6.74. The molecule has 0 amide bonds. The molecule has 0 spiro atoms. The van der Waals surface area contributed by atoms with Crippen molar-refractivity contribution in [2.75, 3.05) is 6.61 Å². The molecule has 0 saturated carbocycles. The Morgan fingerprint density at radius 1 is 1.36 bits per heavy atom. The molecule has 0 aliphatic carbocycles. The monoisotopic (exact) mass is 210 g/mol. The van der Waals surface area contributed by atoms with Crippen LogP contribution in [0, 0.1) is 6.92 Å². The number of rotatable bonds is 4. The zero-order valence-corrected chi connectivity index (χ0v) is 9.21. The van der Waals surface area contributed by atoms with Gasteiger partial charge in [-0.2, -0.15) is 0 Å². The molecular weight excluding hydrogens is 196 g/mol. The molecule has 1 rings (SSSR count). The lowest BCUT2D eigenvalue weighted by Gasteiger charge is -2.00. The normalized spacial score (nSPS) is 13.3. The molecule has 1 atom stereocenters. The minimum absolute atomic E-state index is 0.386. The second kappa shape index (κ2) is 5.73. The highest BCUT2D eigenvalue weighted by atomic mass is 32.2. The number of hydrogen-bond acceptors (Lipinski definition) is 2. The lowest BCUT2D eigenvalue weighted by molar-refractivity contribution is 0.394. The number of aryl methyl sites for hydroxylation is 1. The molecular formula is C11H14O2S. The van der Waals surface area contributed by atoms with Gasteiger partial charge in [0.05, 0.1) is 11.5 Å². The highest BCUT2D eigenvalue weighted by Crippen LogP contribution is 2.08. The predicted octanol–water partition coefficient (Wildman–Crippen LogP) is 2.61. The quantitative estimate of drug-likeness (QED) is 0.714. The first-order valence-corrected chi connectivity index (χ1v) is 5.54. The van der Waals surface area contributed by atoms with Gasteiger partial charge in [-0.05, 0) is 26.0 Å². The number of hydrogen-bond donors (Lipinski definition) is 0. The molecule has 2 nitrogen and oxygen atoms in total. The SMILES string of the molecule is C/C=C\COS(=O)c1ccc(C)cc1. The van der Waals surface area contributed by atoms with E-state index in [0.717, 1.165) is 5.56 Å². The smallest absolute Gasteiger partial charge is 0.189 e. The van der Waals surface area contributed by atoms with Crippen molar-refractivity contribution >= 4 is 11.1 Å². The molecule has 0 aliphatic rings. The van der Waals surface area contributed by atoms with Crippen LogP contribution in [-0.2, 0) is 15.3 Å². The summed E-state index contributed by atoms with van der Waals surface area (Å²) in [6, 6.07) is 7.49. The molecule has 0 fully saturated rings. The summed E-state index contributed by atoms with van der Waals surface area (Å²) in [6.45, 7) is 4.28. The Morgan fingerprint density at radius 2 is 2.00 bits per heavy atom. The zero-order valence-electron chi connectivity index (χ0n) is 8.40. The van der Waals surface area contributed by atoms with Crippen molar-refractivity contribution in [3.05, 3.63) is 42.0 Å². The molecule has 14 heavy (non-hydrogen) atoms. The van der Waals surface area contributed by atoms with Crippen LogP contribution in [0.15, 0.2) is 41.3 Å². The topological polar surface area (TPSA) is 26.3 Å². The minimum atomic E-state index is -1.34. The summed E-state index contributed by atoms with van der Waals surface area (Å²) in [6.07, 6.45) is 3.69. The van der Waals surface area contributed by atoms with Gasteiger partial charge in [-0.3, -0.25) is 4.18 Å². The zero-order chi connectivity index (χ0) is 10.4. The van der Waals surface area contributed by atoms with Crippen LogP contribution in [-0.4, -0.2) is 10.8 Å². The van der Waals surface area contributed by atoms with Crippen molar-refractivity contribution in [3.63, 3.8) is 0 Å². The van der Waals surface area contributed by atoms with Gasteiger partial charge in [0.15, 0.2) is 11.1 Å². The van der Waals surface area contributed by atoms with E-state index >= 15 is 0 Å². The van der Waals surface area contributed by atoms with Crippen LogP contribution >= 0.6 is 0 Å². The van der Waals surface area contributed by atoms with Crippen molar-refractivity contribution < 1.29 is 8.39 Å². The van der Waals surface area contributed by atoms with Crippen molar-refractivity contribution in [1.82, 2.24) is 0 Å². The second-order valence-electron chi connectivity index (χ2n) is 2.90. The minimum Gasteiger partial charge on any atom is -0.283 e. The van der Waals surface area contributed by atoms with Crippen molar-refractivity contribution in [3.8, 4) is 0 Å². The molecule has 0 aliphatic heterocycles. The Morgan fingerprint density at radius 3 is 2.57 bits per heavy atom. The standard InChI is InChI=1S/C11H14O2S/c1-3-4-9-13-14(12)11-7-5-10(2)6-8-11/h3-8H,9H2,1-2H3/b4-3-. The Bertz CT molecular complexity index is 328. The highest BCUT2D eigenvalue weighted by molar-refractivity contribution is 7.80. The van der Waals surface area contributed by atoms with E-state index in [2.05, 4.69) is 0 Å². The van der Waals surface area contributed by atoms with Crippen molar-refractivity contribution in [1.29, 1.82) is 0 Å². The van der Waals surface area contributed by atoms with E-state index in [1.807, 2.05) is 50.3 Å². The Kier molecular flexibility index (Phi) is 4.56. The fraction of sp³-hybridized carbons (Fsp3) is 0.273. The van der Waals surface area contributed by atoms with Crippen molar-refractivity contribution in [2.45, 2.75) is 18.7 Å². The van der Waals surface area contributed by atoms with Gasteiger partial charge in [-0.25, -0.2) is 4.21 Å². The summed E-state index contributed by atoms with van der Waals surface area (Å²) >= 11 is -1.34. The molecule has 3 heteroatoms. The van der Waals surface area contributed by atoms with E-state index in [1.165, 1.54) is 0 Å². The Hall–Kier alpha value is -0.930. The summed E-state index contributed by atoms with van der Waals surface area (Å²) in [5.41, 5.74) is 1.15.